The van der Waals surface area contributed by atoms with Gasteiger partial charge in [0.05, 0.1) is 17.8 Å². The first-order chi connectivity index (χ1) is 17.1. The van der Waals surface area contributed by atoms with Crippen LogP contribution in [0.5, 0.6) is 0 Å². The second-order valence-corrected chi connectivity index (χ2v) is 9.06. The van der Waals surface area contributed by atoms with Gasteiger partial charge in [-0.25, -0.2) is 0 Å². The average molecular weight is 482 g/mol. The Hall–Kier alpha value is -3.97. The van der Waals surface area contributed by atoms with Crippen molar-refractivity contribution in [3.63, 3.8) is 0 Å². The summed E-state index contributed by atoms with van der Waals surface area (Å²) in [7, 11) is 0. The second-order valence-electron chi connectivity index (χ2n) is 8.68. The monoisotopic (exact) mass is 481 g/mol. The number of para-hydroxylation sites is 1. The Kier molecular flexibility index (Phi) is 6.59. The van der Waals surface area contributed by atoms with Gasteiger partial charge in [0.25, 0.3) is 0 Å². The number of amides is 1. The highest BCUT2D eigenvalue weighted by Crippen LogP contribution is 2.39. The van der Waals surface area contributed by atoms with E-state index in [1.54, 1.807) is 6.20 Å². The normalized spacial score (nSPS) is 17.3. The molecule has 0 spiro atoms. The van der Waals surface area contributed by atoms with E-state index in [2.05, 4.69) is 55.7 Å². The number of thiocarbonyl (C=S) groups is 1. The number of nitrogens with zero attached hydrogens (tertiary/aromatic N) is 3. The molecule has 176 valence electrons. The van der Waals surface area contributed by atoms with Gasteiger partial charge >= 0.3 is 0 Å². The van der Waals surface area contributed by atoms with Gasteiger partial charge < -0.3 is 20.1 Å². The van der Waals surface area contributed by atoms with Crippen molar-refractivity contribution in [1.29, 1.82) is 0 Å². The zero-order valence-corrected chi connectivity index (χ0v) is 20.3. The third kappa shape index (κ3) is 5.10. The lowest BCUT2D eigenvalue weighted by molar-refractivity contribution is -0.116. The van der Waals surface area contributed by atoms with E-state index < -0.39 is 0 Å². The van der Waals surface area contributed by atoms with Gasteiger partial charge in [0.1, 0.15) is 0 Å². The van der Waals surface area contributed by atoms with Crippen molar-refractivity contribution in [3.8, 4) is 5.69 Å². The summed E-state index contributed by atoms with van der Waals surface area (Å²) in [4.78, 5) is 19.5. The molecule has 0 saturated carbocycles. The number of carbonyl (C=O) groups is 1. The maximum absolute atomic E-state index is 12.8. The maximum atomic E-state index is 12.8. The summed E-state index contributed by atoms with van der Waals surface area (Å²) in [6.07, 6.45) is 6.31. The third-order valence-corrected chi connectivity index (χ3v) is 6.54. The van der Waals surface area contributed by atoms with E-state index in [1.165, 1.54) is 0 Å². The van der Waals surface area contributed by atoms with Crippen molar-refractivity contribution < 1.29 is 4.79 Å². The van der Waals surface area contributed by atoms with Crippen LogP contribution in [-0.4, -0.2) is 32.0 Å². The van der Waals surface area contributed by atoms with Gasteiger partial charge in [-0.05, 0) is 72.7 Å². The minimum absolute atomic E-state index is 0.0414. The summed E-state index contributed by atoms with van der Waals surface area (Å²) in [6, 6.07) is 25.8. The molecule has 2 atom stereocenters. The minimum atomic E-state index is -0.116. The Morgan fingerprint density at radius 3 is 2.66 bits per heavy atom. The number of carbonyl (C=O) groups excluding carboxylic acids is 1. The van der Waals surface area contributed by atoms with Crippen molar-refractivity contribution in [2.24, 2.45) is 0 Å². The van der Waals surface area contributed by atoms with Crippen LogP contribution < -0.4 is 10.6 Å². The maximum Gasteiger partial charge on any atom is 0.226 e. The van der Waals surface area contributed by atoms with Crippen molar-refractivity contribution in [3.05, 3.63) is 114 Å². The Labute approximate surface area is 210 Å². The number of benzene rings is 2. The smallest absolute Gasteiger partial charge is 0.226 e. The van der Waals surface area contributed by atoms with Crippen LogP contribution >= 0.6 is 12.2 Å². The number of hydrogen-bond donors (Lipinski definition) is 2. The number of pyridine rings is 1. The molecule has 0 bridgehead atoms. The first-order valence-electron chi connectivity index (χ1n) is 11.7. The Balaban J connectivity index is 1.39. The SMILES string of the molecule is Cc1cccc(NC(=O)CCN2C(=S)N[C@@H](c3ccccn3)[C@H]2c2ccn(-c3ccccc3)c2)c1. The Bertz CT molecular complexity index is 1320. The molecule has 2 aromatic carbocycles. The lowest BCUT2D eigenvalue weighted by Crippen LogP contribution is -2.32. The van der Waals surface area contributed by atoms with Crippen LogP contribution in [0.4, 0.5) is 5.69 Å². The lowest BCUT2D eigenvalue weighted by Gasteiger charge is -2.27. The van der Waals surface area contributed by atoms with Crippen LogP contribution in [0.25, 0.3) is 5.69 Å². The molecular formula is C28H27N5OS. The molecule has 2 aromatic heterocycles. The highest BCUT2D eigenvalue weighted by molar-refractivity contribution is 7.80. The highest BCUT2D eigenvalue weighted by Gasteiger charge is 2.40. The minimum Gasteiger partial charge on any atom is -0.352 e. The molecule has 35 heavy (non-hydrogen) atoms. The van der Waals surface area contributed by atoms with E-state index in [4.69, 9.17) is 12.2 Å². The molecule has 1 aliphatic heterocycles. The molecule has 3 heterocycles. The standard InChI is InChI=1S/C28H27N5OS/c1-20-8-7-9-22(18-20)30-25(34)14-17-33-27(26(31-28(33)35)24-12-5-6-15-29-24)21-13-16-32(19-21)23-10-3-2-4-11-23/h2-13,15-16,18-19,26-27H,14,17H2,1H3,(H,30,34)(H,31,35)/t26-,27+/m0/s1. The van der Waals surface area contributed by atoms with E-state index in [1.807, 2.05) is 67.6 Å². The fourth-order valence-electron chi connectivity index (χ4n) is 4.53. The van der Waals surface area contributed by atoms with Crippen molar-refractivity contribution in [2.45, 2.75) is 25.4 Å². The van der Waals surface area contributed by atoms with Crippen LogP contribution in [0.15, 0.2) is 97.5 Å². The molecule has 4 aromatic rings. The predicted molar refractivity (Wildman–Crippen MR) is 142 cm³/mol. The van der Waals surface area contributed by atoms with Gasteiger partial charge in [-0.3, -0.25) is 9.78 Å². The van der Waals surface area contributed by atoms with Gasteiger partial charge in [0.2, 0.25) is 5.91 Å². The number of anilines is 1. The molecule has 2 N–H and O–H groups in total. The van der Waals surface area contributed by atoms with Crippen LogP contribution in [0.3, 0.4) is 0 Å². The van der Waals surface area contributed by atoms with Crippen molar-refractivity contribution >= 4 is 28.9 Å². The molecular weight excluding hydrogens is 454 g/mol. The number of aromatic nitrogens is 2. The molecule has 6 nitrogen and oxygen atoms in total. The van der Waals surface area contributed by atoms with E-state index in [9.17, 15) is 4.79 Å². The number of rotatable bonds is 7. The molecule has 0 radical (unpaired) electrons. The topological polar surface area (TPSA) is 62.2 Å². The highest BCUT2D eigenvalue weighted by atomic mass is 32.1. The van der Waals surface area contributed by atoms with Crippen LogP contribution in [0.2, 0.25) is 0 Å². The first kappa shape index (κ1) is 22.8. The molecule has 7 heteroatoms. The summed E-state index contributed by atoms with van der Waals surface area (Å²) in [6.45, 7) is 2.50. The van der Waals surface area contributed by atoms with Crippen molar-refractivity contribution in [1.82, 2.24) is 19.8 Å². The molecule has 5 rings (SSSR count). The van der Waals surface area contributed by atoms with E-state index in [0.29, 0.717) is 18.1 Å². The molecule has 1 fully saturated rings. The third-order valence-electron chi connectivity index (χ3n) is 6.19. The Morgan fingerprint density at radius 1 is 1.06 bits per heavy atom. The summed E-state index contributed by atoms with van der Waals surface area (Å²) < 4.78 is 2.11. The summed E-state index contributed by atoms with van der Waals surface area (Å²) in [5, 5.41) is 7.08. The second kappa shape index (κ2) is 10.1. The van der Waals surface area contributed by atoms with Gasteiger partial charge in [-0.1, -0.05) is 36.4 Å². The van der Waals surface area contributed by atoms with Gasteiger partial charge in [0, 0.05) is 42.9 Å². The Morgan fingerprint density at radius 2 is 1.89 bits per heavy atom. The zero-order chi connectivity index (χ0) is 24.2. The van der Waals surface area contributed by atoms with E-state index in [-0.39, 0.29) is 18.0 Å². The van der Waals surface area contributed by atoms with Crippen LogP contribution in [0, 0.1) is 6.92 Å². The van der Waals surface area contributed by atoms with Gasteiger partial charge in [-0.2, -0.15) is 0 Å². The summed E-state index contributed by atoms with van der Waals surface area (Å²) >= 11 is 5.74. The lowest BCUT2D eigenvalue weighted by atomic mass is 9.99. The fraction of sp³-hybridized carbons (Fsp3) is 0.179. The molecule has 1 amide bonds. The van der Waals surface area contributed by atoms with Crippen LogP contribution in [-0.2, 0) is 4.79 Å². The van der Waals surface area contributed by atoms with Gasteiger partial charge in [0.15, 0.2) is 5.11 Å². The van der Waals surface area contributed by atoms with Crippen LogP contribution in [0.1, 0.15) is 35.3 Å². The number of nitrogens with one attached hydrogen (secondary N) is 2. The first-order valence-corrected chi connectivity index (χ1v) is 12.1. The summed E-state index contributed by atoms with van der Waals surface area (Å²) in [5.74, 6) is -0.0414. The average Bonchev–Trinajstić information content (AvgIpc) is 3.48. The van der Waals surface area contributed by atoms with Crippen molar-refractivity contribution in [2.75, 3.05) is 11.9 Å². The quantitative estimate of drug-likeness (QED) is 0.356. The summed E-state index contributed by atoms with van der Waals surface area (Å²) in [5.41, 5.74) is 5.02. The zero-order valence-electron chi connectivity index (χ0n) is 19.5. The molecule has 0 aliphatic carbocycles. The van der Waals surface area contributed by atoms with E-state index in [0.717, 1.165) is 28.2 Å². The largest absolute Gasteiger partial charge is 0.352 e. The fourth-order valence-corrected chi connectivity index (χ4v) is 4.86. The molecule has 1 saturated heterocycles. The number of aryl methyl sites for hydroxylation is 1. The van der Waals surface area contributed by atoms with E-state index >= 15 is 0 Å². The molecule has 1 aliphatic rings. The number of hydrogen-bond acceptors (Lipinski definition) is 3. The predicted octanol–water partition coefficient (Wildman–Crippen LogP) is 5.18. The van der Waals surface area contributed by atoms with Gasteiger partial charge in [-0.15, -0.1) is 0 Å². The molecule has 0 unspecified atom stereocenters.